The molecule has 0 spiro atoms. The lowest BCUT2D eigenvalue weighted by Crippen LogP contribution is -2.39. The van der Waals surface area contributed by atoms with Crippen LogP contribution in [0.2, 0.25) is 0 Å². The second-order valence-electron chi connectivity index (χ2n) is 6.02. The van der Waals surface area contributed by atoms with Crippen molar-refractivity contribution < 1.29 is 4.74 Å². The van der Waals surface area contributed by atoms with E-state index >= 15 is 0 Å². The van der Waals surface area contributed by atoms with E-state index in [1.54, 1.807) is 0 Å². The third-order valence-corrected chi connectivity index (χ3v) is 4.43. The minimum Gasteiger partial charge on any atom is -0.381 e. The van der Waals surface area contributed by atoms with Gasteiger partial charge in [-0.1, -0.05) is 6.42 Å². The molecular formula is C15H30N2O. The van der Waals surface area contributed by atoms with Crippen molar-refractivity contribution in [2.45, 2.75) is 51.5 Å². The Labute approximate surface area is 112 Å². The molecule has 18 heavy (non-hydrogen) atoms. The fourth-order valence-electron chi connectivity index (χ4n) is 3.17. The molecule has 2 rings (SSSR count). The molecule has 3 heteroatoms. The van der Waals surface area contributed by atoms with Crippen molar-refractivity contribution >= 4 is 0 Å². The van der Waals surface area contributed by atoms with Crippen molar-refractivity contribution in [2.75, 3.05) is 39.4 Å². The topological polar surface area (TPSA) is 24.5 Å². The highest BCUT2D eigenvalue weighted by atomic mass is 16.5. The molecule has 1 N–H and O–H groups in total. The summed E-state index contributed by atoms with van der Waals surface area (Å²) in [4.78, 5) is 2.66. The van der Waals surface area contributed by atoms with Gasteiger partial charge in [0, 0.05) is 19.2 Å². The van der Waals surface area contributed by atoms with Crippen molar-refractivity contribution in [1.82, 2.24) is 10.2 Å². The maximum Gasteiger partial charge on any atom is 0.0506 e. The van der Waals surface area contributed by atoms with Gasteiger partial charge in [-0.25, -0.2) is 0 Å². The molecule has 2 aliphatic rings. The molecule has 0 radical (unpaired) electrons. The molecule has 0 amide bonds. The standard InChI is InChI=1S/C15H30N2O/c1-14-6-2-3-9-17(14)10-5-8-16-12-15-7-4-11-18-13-15/h14-16H,2-13H2,1H3. The van der Waals surface area contributed by atoms with E-state index in [-0.39, 0.29) is 0 Å². The predicted octanol–water partition coefficient (Wildman–Crippen LogP) is 2.27. The Balaban J connectivity index is 1.47. The predicted molar refractivity (Wildman–Crippen MR) is 75.9 cm³/mol. The van der Waals surface area contributed by atoms with Crippen LogP contribution in [0.15, 0.2) is 0 Å². The molecule has 3 nitrogen and oxygen atoms in total. The summed E-state index contributed by atoms with van der Waals surface area (Å²) in [7, 11) is 0. The molecule has 2 fully saturated rings. The Kier molecular flexibility index (Phi) is 6.46. The molecular weight excluding hydrogens is 224 g/mol. The van der Waals surface area contributed by atoms with Crippen molar-refractivity contribution in [2.24, 2.45) is 5.92 Å². The van der Waals surface area contributed by atoms with Gasteiger partial charge in [-0.2, -0.15) is 0 Å². The SMILES string of the molecule is CC1CCCCN1CCCNCC1CCCOC1. The minimum absolute atomic E-state index is 0.757. The maximum atomic E-state index is 5.50. The van der Waals surface area contributed by atoms with Crippen LogP contribution in [0.4, 0.5) is 0 Å². The summed E-state index contributed by atoms with van der Waals surface area (Å²) in [5.41, 5.74) is 0. The lowest BCUT2D eigenvalue weighted by molar-refractivity contribution is 0.0547. The van der Waals surface area contributed by atoms with E-state index in [0.717, 1.165) is 31.7 Å². The summed E-state index contributed by atoms with van der Waals surface area (Å²) < 4.78 is 5.50. The van der Waals surface area contributed by atoms with E-state index in [1.165, 1.54) is 58.2 Å². The maximum absolute atomic E-state index is 5.50. The van der Waals surface area contributed by atoms with Crippen LogP contribution >= 0.6 is 0 Å². The summed E-state index contributed by atoms with van der Waals surface area (Å²) in [5, 5.41) is 3.60. The van der Waals surface area contributed by atoms with Gasteiger partial charge in [-0.3, -0.25) is 0 Å². The number of ether oxygens (including phenoxy) is 1. The fourth-order valence-corrected chi connectivity index (χ4v) is 3.17. The van der Waals surface area contributed by atoms with Crippen LogP contribution in [0.25, 0.3) is 0 Å². The number of nitrogens with one attached hydrogen (secondary N) is 1. The smallest absolute Gasteiger partial charge is 0.0506 e. The summed E-state index contributed by atoms with van der Waals surface area (Å²) in [6.07, 6.45) is 8.10. The normalized spacial score (nSPS) is 30.5. The van der Waals surface area contributed by atoms with Gasteiger partial charge in [0.1, 0.15) is 0 Å². The Morgan fingerprint density at radius 1 is 1.22 bits per heavy atom. The number of hydrogen-bond donors (Lipinski definition) is 1. The van der Waals surface area contributed by atoms with Gasteiger partial charge in [0.15, 0.2) is 0 Å². The van der Waals surface area contributed by atoms with Gasteiger partial charge in [0.2, 0.25) is 0 Å². The summed E-state index contributed by atoms with van der Waals surface area (Å²) in [5.74, 6) is 0.757. The second kappa shape index (κ2) is 8.13. The van der Waals surface area contributed by atoms with E-state index in [0.29, 0.717) is 0 Å². The van der Waals surface area contributed by atoms with Gasteiger partial charge < -0.3 is 15.0 Å². The van der Waals surface area contributed by atoms with Crippen LogP contribution in [0, 0.1) is 5.92 Å². The number of likely N-dealkylation sites (tertiary alicyclic amines) is 1. The zero-order chi connectivity index (χ0) is 12.6. The monoisotopic (exact) mass is 254 g/mol. The highest BCUT2D eigenvalue weighted by molar-refractivity contribution is 4.73. The van der Waals surface area contributed by atoms with Crippen molar-refractivity contribution in [3.63, 3.8) is 0 Å². The Hall–Kier alpha value is -0.120. The first-order valence-corrected chi connectivity index (χ1v) is 7.89. The Morgan fingerprint density at radius 3 is 2.94 bits per heavy atom. The molecule has 106 valence electrons. The second-order valence-corrected chi connectivity index (χ2v) is 6.02. The number of nitrogens with zero attached hydrogens (tertiary/aromatic N) is 1. The molecule has 2 saturated heterocycles. The summed E-state index contributed by atoms with van der Waals surface area (Å²) in [6, 6.07) is 0.811. The molecule has 2 atom stereocenters. The molecule has 0 bridgehead atoms. The first kappa shape index (κ1) is 14.3. The zero-order valence-electron chi connectivity index (χ0n) is 12.0. The fraction of sp³-hybridized carbons (Fsp3) is 1.00. The van der Waals surface area contributed by atoms with E-state index < -0.39 is 0 Å². The largest absolute Gasteiger partial charge is 0.381 e. The highest BCUT2D eigenvalue weighted by Gasteiger charge is 2.17. The van der Waals surface area contributed by atoms with Crippen LogP contribution in [0.5, 0.6) is 0 Å². The van der Waals surface area contributed by atoms with Crippen LogP contribution in [-0.4, -0.2) is 50.3 Å². The summed E-state index contributed by atoms with van der Waals surface area (Å²) in [6.45, 7) is 9.23. The first-order chi connectivity index (χ1) is 8.86. The van der Waals surface area contributed by atoms with Gasteiger partial charge in [-0.05, 0) is 64.6 Å². The third kappa shape index (κ3) is 4.87. The van der Waals surface area contributed by atoms with E-state index in [2.05, 4.69) is 17.1 Å². The minimum atomic E-state index is 0.757. The Bertz CT molecular complexity index is 217. The van der Waals surface area contributed by atoms with Crippen LogP contribution < -0.4 is 5.32 Å². The van der Waals surface area contributed by atoms with Crippen molar-refractivity contribution in [3.05, 3.63) is 0 Å². The molecule has 0 aliphatic carbocycles. The highest BCUT2D eigenvalue weighted by Crippen LogP contribution is 2.16. The van der Waals surface area contributed by atoms with Crippen LogP contribution in [-0.2, 0) is 4.74 Å². The van der Waals surface area contributed by atoms with Crippen LogP contribution in [0.3, 0.4) is 0 Å². The molecule has 0 aromatic rings. The molecule has 2 heterocycles. The van der Waals surface area contributed by atoms with E-state index in [1.807, 2.05) is 0 Å². The quantitative estimate of drug-likeness (QED) is 0.736. The van der Waals surface area contributed by atoms with Crippen molar-refractivity contribution in [3.8, 4) is 0 Å². The van der Waals surface area contributed by atoms with Crippen molar-refractivity contribution in [1.29, 1.82) is 0 Å². The number of piperidine rings is 1. The van der Waals surface area contributed by atoms with Crippen LogP contribution in [0.1, 0.15) is 45.4 Å². The Morgan fingerprint density at radius 2 is 2.17 bits per heavy atom. The van der Waals surface area contributed by atoms with Gasteiger partial charge >= 0.3 is 0 Å². The van der Waals surface area contributed by atoms with Gasteiger partial charge in [-0.15, -0.1) is 0 Å². The molecule has 0 aromatic heterocycles. The van der Waals surface area contributed by atoms with Gasteiger partial charge in [0.25, 0.3) is 0 Å². The average Bonchev–Trinajstić information content (AvgIpc) is 2.42. The average molecular weight is 254 g/mol. The van der Waals surface area contributed by atoms with E-state index in [4.69, 9.17) is 4.74 Å². The molecule has 0 saturated carbocycles. The molecule has 0 aromatic carbocycles. The zero-order valence-corrected chi connectivity index (χ0v) is 12.0. The lowest BCUT2D eigenvalue weighted by Gasteiger charge is -2.33. The lowest BCUT2D eigenvalue weighted by atomic mass is 10.0. The molecule has 2 aliphatic heterocycles. The molecule has 2 unspecified atom stereocenters. The number of hydrogen-bond acceptors (Lipinski definition) is 3. The van der Waals surface area contributed by atoms with Gasteiger partial charge in [0.05, 0.1) is 6.61 Å². The first-order valence-electron chi connectivity index (χ1n) is 7.89. The summed E-state index contributed by atoms with van der Waals surface area (Å²) >= 11 is 0. The third-order valence-electron chi connectivity index (χ3n) is 4.43. The number of rotatable bonds is 6. The van der Waals surface area contributed by atoms with E-state index in [9.17, 15) is 0 Å².